The predicted octanol–water partition coefficient (Wildman–Crippen LogP) is 1.66. The number of likely N-dealkylation sites (tertiary alicyclic amines) is 1. The first-order chi connectivity index (χ1) is 7.79. The smallest absolute Gasteiger partial charge is 0.309 e. The summed E-state index contributed by atoms with van der Waals surface area (Å²) in [6.07, 6.45) is 5.42. The highest BCUT2D eigenvalue weighted by atomic mass is 16.5. The van der Waals surface area contributed by atoms with Gasteiger partial charge in [0, 0.05) is 18.7 Å². The summed E-state index contributed by atoms with van der Waals surface area (Å²) < 4.78 is 9.82. The number of methoxy groups -OCH3 is 1. The van der Waals surface area contributed by atoms with Crippen LogP contribution < -0.4 is 0 Å². The topological polar surface area (TPSA) is 42.7 Å². The molecule has 4 nitrogen and oxygen atoms in total. The third-order valence-electron chi connectivity index (χ3n) is 3.03. The largest absolute Gasteiger partial charge is 0.472 e. The maximum absolute atomic E-state index is 11.4. The molecule has 0 radical (unpaired) electrons. The number of hydrogen-bond donors (Lipinski definition) is 0. The number of hydrogen-bond acceptors (Lipinski definition) is 4. The highest BCUT2D eigenvalue weighted by molar-refractivity contribution is 5.72. The van der Waals surface area contributed by atoms with Crippen molar-refractivity contribution in [3.63, 3.8) is 0 Å². The van der Waals surface area contributed by atoms with E-state index in [2.05, 4.69) is 4.90 Å². The summed E-state index contributed by atoms with van der Waals surface area (Å²) in [4.78, 5) is 13.7. The predicted molar refractivity (Wildman–Crippen MR) is 58.7 cm³/mol. The van der Waals surface area contributed by atoms with Gasteiger partial charge in [-0.3, -0.25) is 9.69 Å². The van der Waals surface area contributed by atoms with Crippen LogP contribution in [0.2, 0.25) is 0 Å². The fraction of sp³-hybridized carbons (Fsp3) is 0.583. The highest BCUT2D eigenvalue weighted by Crippen LogP contribution is 2.19. The minimum Gasteiger partial charge on any atom is -0.472 e. The number of esters is 1. The van der Waals surface area contributed by atoms with Crippen molar-refractivity contribution in [2.24, 2.45) is 5.92 Å². The van der Waals surface area contributed by atoms with Crippen LogP contribution in [-0.2, 0) is 16.1 Å². The van der Waals surface area contributed by atoms with Crippen LogP contribution in [0, 0.1) is 5.92 Å². The Balaban J connectivity index is 1.89. The van der Waals surface area contributed by atoms with Crippen molar-refractivity contribution in [3.05, 3.63) is 24.2 Å². The molecule has 2 rings (SSSR count). The zero-order chi connectivity index (χ0) is 11.4. The van der Waals surface area contributed by atoms with E-state index < -0.39 is 0 Å². The molecule has 0 N–H and O–H groups in total. The lowest BCUT2D eigenvalue weighted by Crippen LogP contribution is -2.38. The van der Waals surface area contributed by atoms with Crippen LogP contribution in [0.5, 0.6) is 0 Å². The fourth-order valence-electron chi connectivity index (χ4n) is 2.20. The van der Waals surface area contributed by atoms with Crippen LogP contribution in [0.1, 0.15) is 18.4 Å². The highest BCUT2D eigenvalue weighted by Gasteiger charge is 2.26. The second kappa shape index (κ2) is 5.16. The zero-order valence-corrected chi connectivity index (χ0v) is 9.52. The molecule has 0 saturated carbocycles. The van der Waals surface area contributed by atoms with Crippen molar-refractivity contribution in [1.82, 2.24) is 4.90 Å². The van der Waals surface area contributed by atoms with Crippen molar-refractivity contribution in [1.29, 1.82) is 0 Å². The van der Waals surface area contributed by atoms with Gasteiger partial charge in [-0.15, -0.1) is 0 Å². The van der Waals surface area contributed by atoms with Crippen molar-refractivity contribution in [2.75, 3.05) is 20.2 Å². The Morgan fingerprint density at radius 2 is 2.56 bits per heavy atom. The number of rotatable bonds is 3. The molecule has 4 heteroatoms. The van der Waals surface area contributed by atoms with Gasteiger partial charge in [-0.25, -0.2) is 0 Å². The SMILES string of the molecule is COC(=O)C1CCCN(Cc2ccoc2)C1. The summed E-state index contributed by atoms with van der Waals surface area (Å²) in [7, 11) is 1.46. The normalized spacial score (nSPS) is 21.9. The quantitative estimate of drug-likeness (QED) is 0.731. The third-order valence-corrected chi connectivity index (χ3v) is 3.03. The van der Waals surface area contributed by atoms with E-state index in [1.165, 1.54) is 7.11 Å². The molecule has 1 fully saturated rings. The Labute approximate surface area is 95.2 Å². The molecule has 1 aromatic heterocycles. The minimum absolute atomic E-state index is 0.0330. The first kappa shape index (κ1) is 11.2. The van der Waals surface area contributed by atoms with Gasteiger partial charge in [0.2, 0.25) is 0 Å². The van der Waals surface area contributed by atoms with E-state index in [0.717, 1.165) is 38.0 Å². The van der Waals surface area contributed by atoms with Crippen LogP contribution in [0.15, 0.2) is 23.0 Å². The summed E-state index contributed by atoms with van der Waals surface area (Å²) in [5.74, 6) is -0.0532. The van der Waals surface area contributed by atoms with Crippen LogP contribution >= 0.6 is 0 Å². The average Bonchev–Trinajstić information content (AvgIpc) is 2.81. The molecule has 0 spiro atoms. The Morgan fingerprint density at radius 1 is 1.69 bits per heavy atom. The van der Waals surface area contributed by atoms with Gasteiger partial charge >= 0.3 is 5.97 Å². The van der Waals surface area contributed by atoms with E-state index in [0.29, 0.717) is 0 Å². The third kappa shape index (κ3) is 2.64. The van der Waals surface area contributed by atoms with Crippen molar-refractivity contribution in [2.45, 2.75) is 19.4 Å². The molecule has 0 bridgehead atoms. The maximum Gasteiger partial charge on any atom is 0.309 e. The number of furan rings is 1. The Hall–Kier alpha value is -1.29. The standard InChI is InChI=1S/C12H17NO3/c1-15-12(14)11-3-2-5-13(8-11)7-10-4-6-16-9-10/h4,6,9,11H,2-3,5,7-8H2,1H3. The van der Waals surface area contributed by atoms with Gasteiger partial charge < -0.3 is 9.15 Å². The van der Waals surface area contributed by atoms with Gasteiger partial charge in [0.15, 0.2) is 0 Å². The molecule has 88 valence electrons. The molecule has 0 aliphatic carbocycles. The molecule has 2 heterocycles. The lowest BCUT2D eigenvalue weighted by Gasteiger charge is -2.30. The zero-order valence-electron chi connectivity index (χ0n) is 9.52. The lowest BCUT2D eigenvalue weighted by atomic mass is 9.98. The summed E-state index contributed by atoms with van der Waals surface area (Å²) in [5, 5.41) is 0. The molecule has 1 saturated heterocycles. The molecule has 1 aromatic rings. The molecule has 1 unspecified atom stereocenters. The number of carbonyl (C=O) groups excluding carboxylic acids is 1. The van der Waals surface area contributed by atoms with E-state index in [4.69, 9.17) is 9.15 Å². The molecular weight excluding hydrogens is 206 g/mol. The van der Waals surface area contributed by atoms with Crippen molar-refractivity contribution >= 4 is 5.97 Å². The van der Waals surface area contributed by atoms with E-state index in [9.17, 15) is 4.79 Å². The van der Waals surface area contributed by atoms with Crippen LogP contribution in [0.3, 0.4) is 0 Å². The monoisotopic (exact) mass is 223 g/mol. The summed E-state index contributed by atoms with van der Waals surface area (Å²) in [6.45, 7) is 2.68. The van der Waals surface area contributed by atoms with Crippen LogP contribution in [0.4, 0.5) is 0 Å². The Kier molecular flexibility index (Phi) is 3.62. The number of nitrogens with zero attached hydrogens (tertiary/aromatic N) is 1. The Morgan fingerprint density at radius 3 is 3.25 bits per heavy atom. The van der Waals surface area contributed by atoms with Gasteiger partial charge in [0.25, 0.3) is 0 Å². The van der Waals surface area contributed by atoms with Crippen LogP contribution in [0.25, 0.3) is 0 Å². The first-order valence-electron chi connectivity index (χ1n) is 5.61. The number of ether oxygens (including phenoxy) is 1. The van der Waals surface area contributed by atoms with Gasteiger partial charge in [-0.05, 0) is 25.5 Å². The molecule has 1 aliphatic rings. The van der Waals surface area contributed by atoms with Gasteiger partial charge in [0.1, 0.15) is 0 Å². The molecule has 16 heavy (non-hydrogen) atoms. The second-order valence-corrected chi connectivity index (χ2v) is 4.23. The van der Waals surface area contributed by atoms with E-state index in [1.54, 1.807) is 12.5 Å². The van der Waals surface area contributed by atoms with Crippen molar-refractivity contribution in [3.8, 4) is 0 Å². The van der Waals surface area contributed by atoms with E-state index in [-0.39, 0.29) is 11.9 Å². The number of carbonyl (C=O) groups is 1. The number of piperidine rings is 1. The summed E-state index contributed by atoms with van der Waals surface area (Å²) in [6, 6.07) is 1.96. The van der Waals surface area contributed by atoms with Gasteiger partial charge in [-0.2, -0.15) is 0 Å². The minimum atomic E-state index is -0.0862. The van der Waals surface area contributed by atoms with Crippen molar-refractivity contribution < 1.29 is 13.9 Å². The maximum atomic E-state index is 11.4. The van der Waals surface area contributed by atoms with Gasteiger partial charge in [0.05, 0.1) is 25.6 Å². The molecular formula is C12H17NO3. The molecule has 1 atom stereocenters. The van der Waals surface area contributed by atoms with Gasteiger partial charge in [-0.1, -0.05) is 0 Å². The molecule has 0 amide bonds. The molecule has 1 aliphatic heterocycles. The Bertz CT molecular complexity index is 334. The molecule has 0 aromatic carbocycles. The van der Waals surface area contributed by atoms with E-state index >= 15 is 0 Å². The summed E-state index contributed by atoms with van der Waals surface area (Å²) >= 11 is 0. The second-order valence-electron chi connectivity index (χ2n) is 4.23. The van der Waals surface area contributed by atoms with Crippen LogP contribution in [-0.4, -0.2) is 31.1 Å². The fourth-order valence-corrected chi connectivity index (χ4v) is 2.20. The lowest BCUT2D eigenvalue weighted by molar-refractivity contribution is -0.147. The average molecular weight is 223 g/mol. The summed E-state index contributed by atoms with van der Waals surface area (Å²) in [5.41, 5.74) is 1.16. The first-order valence-corrected chi connectivity index (χ1v) is 5.61. The van der Waals surface area contributed by atoms with E-state index in [1.807, 2.05) is 6.07 Å².